The summed E-state index contributed by atoms with van der Waals surface area (Å²) in [6.45, 7) is 0. The predicted molar refractivity (Wildman–Crippen MR) is 38.3 cm³/mol. The van der Waals surface area contributed by atoms with Gasteiger partial charge < -0.3 is 10.2 Å². The van der Waals surface area contributed by atoms with Crippen molar-refractivity contribution in [3.63, 3.8) is 0 Å². The first kappa shape index (κ1) is 9.39. The summed E-state index contributed by atoms with van der Waals surface area (Å²) in [6, 6.07) is 5.85. The van der Waals surface area contributed by atoms with Crippen LogP contribution in [0.25, 0.3) is 0 Å². The summed E-state index contributed by atoms with van der Waals surface area (Å²) >= 11 is 0. The van der Waals surface area contributed by atoms with Gasteiger partial charge in [-0.05, 0) is 12.1 Å². The van der Waals surface area contributed by atoms with Gasteiger partial charge in [-0.2, -0.15) is 0 Å². The summed E-state index contributed by atoms with van der Waals surface area (Å²) in [5, 5.41) is 17.3. The fraction of sp³-hybridized carbons (Fsp3) is 0. The van der Waals surface area contributed by atoms with E-state index in [1.807, 2.05) is 0 Å². The zero-order valence-electron chi connectivity index (χ0n) is 4.20. The van der Waals surface area contributed by atoms with Crippen molar-refractivity contribution in [2.75, 3.05) is 0 Å². The molecule has 9 heavy (non-hydrogen) atoms. The van der Waals surface area contributed by atoms with Crippen molar-refractivity contribution in [3.8, 4) is 11.5 Å². The van der Waals surface area contributed by atoms with Crippen LogP contribution in [0.2, 0.25) is 0 Å². The van der Waals surface area contributed by atoms with Gasteiger partial charge in [-0.25, -0.2) is 0 Å². The Morgan fingerprint density at radius 1 is 1.00 bits per heavy atom. The first-order valence-electron chi connectivity index (χ1n) is 2.27. The number of phenols is 2. The van der Waals surface area contributed by atoms with Crippen LogP contribution < -0.4 is 0 Å². The minimum atomic E-state index is 0. The maximum absolute atomic E-state index is 8.65. The summed E-state index contributed by atoms with van der Waals surface area (Å²) in [5.74, 6) is 0.176. The second-order valence-electron chi connectivity index (χ2n) is 1.52. The van der Waals surface area contributed by atoms with Crippen LogP contribution >= 0.6 is 0 Å². The number of aromatic hydroxyl groups is 2. The third-order valence-corrected chi connectivity index (χ3v) is 0.830. The second-order valence-corrected chi connectivity index (χ2v) is 1.52. The van der Waals surface area contributed by atoms with Crippen molar-refractivity contribution in [2.24, 2.45) is 0 Å². The predicted octanol–water partition coefficient (Wildman–Crippen LogP) is 0.182. The maximum atomic E-state index is 8.65. The summed E-state index contributed by atoms with van der Waals surface area (Å²) in [4.78, 5) is 0. The number of phenolic OH excluding ortho intramolecular Hbond substituents is 2. The van der Waals surface area contributed by atoms with Crippen LogP contribution in [0.4, 0.5) is 0 Å². The molecule has 2 N–H and O–H groups in total. The van der Waals surface area contributed by atoms with Gasteiger partial charge in [-0.15, -0.1) is 0 Å². The van der Waals surface area contributed by atoms with Crippen molar-refractivity contribution in [2.45, 2.75) is 0 Å². The SMILES string of the molecule is Oc1cccc(O)c1.[BaH2]. The molecule has 1 aromatic carbocycles. The standard InChI is InChI=1S/C6H6O2.Ba.2H/c7-5-2-1-3-6(8)4-5;;;/h1-4,7-8H;;;. The molecule has 0 radical (unpaired) electrons. The van der Waals surface area contributed by atoms with E-state index in [1.165, 1.54) is 18.2 Å². The van der Waals surface area contributed by atoms with Crippen LogP contribution in [-0.4, -0.2) is 59.1 Å². The first-order chi connectivity index (χ1) is 3.79. The average Bonchev–Trinajstić information content (AvgIpc) is 1.64. The summed E-state index contributed by atoms with van der Waals surface area (Å²) in [6.07, 6.45) is 0. The minimum absolute atomic E-state index is 0. The Hall–Kier alpha value is 0.391. The van der Waals surface area contributed by atoms with E-state index in [0.29, 0.717) is 0 Å². The van der Waals surface area contributed by atoms with Gasteiger partial charge in [0, 0.05) is 6.07 Å². The molecule has 0 heterocycles. The molecular weight excluding hydrogens is 241 g/mol. The van der Waals surface area contributed by atoms with Gasteiger partial charge in [0.2, 0.25) is 0 Å². The number of hydrogen-bond acceptors (Lipinski definition) is 2. The van der Waals surface area contributed by atoms with Crippen LogP contribution in [0.5, 0.6) is 11.5 Å². The Morgan fingerprint density at radius 2 is 1.44 bits per heavy atom. The van der Waals surface area contributed by atoms with Crippen LogP contribution in [0.1, 0.15) is 0 Å². The van der Waals surface area contributed by atoms with Gasteiger partial charge in [0.05, 0.1) is 0 Å². The quantitative estimate of drug-likeness (QED) is 0.644. The fourth-order valence-electron chi connectivity index (χ4n) is 0.493. The normalized spacial score (nSPS) is 8.00. The van der Waals surface area contributed by atoms with Crippen molar-refractivity contribution in [1.82, 2.24) is 0 Å². The molecular formula is C6H8BaO2. The molecule has 0 spiro atoms. The molecule has 0 saturated heterocycles. The summed E-state index contributed by atoms with van der Waals surface area (Å²) in [7, 11) is 0. The molecule has 0 fully saturated rings. The van der Waals surface area contributed by atoms with Crippen molar-refractivity contribution in [3.05, 3.63) is 24.3 Å². The van der Waals surface area contributed by atoms with Gasteiger partial charge in [-0.1, -0.05) is 6.07 Å². The van der Waals surface area contributed by atoms with E-state index in [2.05, 4.69) is 0 Å². The van der Waals surface area contributed by atoms with E-state index < -0.39 is 0 Å². The summed E-state index contributed by atoms with van der Waals surface area (Å²) < 4.78 is 0. The summed E-state index contributed by atoms with van der Waals surface area (Å²) in [5.41, 5.74) is 0. The van der Waals surface area contributed by atoms with Crippen LogP contribution in [0.15, 0.2) is 24.3 Å². The van der Waals surface area contributed by atoms with Gasteiger partial charge in [0.15, 0.2) is 0 Å². The second kappa shape index (κ2) is 4.25. The van der Waals surface area contributed by atoms with Crippen molar-refractivity contribution >= 4 is 48.9 Å². The molecule has 3 heteroatoms. The first-order valence-corrected chi connectivity index (χ1v) is 2.27. The zero-order valence-corrected chi connectivity index (χ0v) is 4.20. The Kier molecular flexibility index (Phi) is 4.43. The van der Waals surface area contributed by atoms with E-state index in [4.69, 9.17) is 10.2 Å². The molecule has 0 bridgehead atoms. The Balaban J connectivity index is 0.000000640. The third kappa shape index (κ3) is 3.17. The Labute approximate surface area is 93.6 Å². The third-order valence-electron chi connectivity index (χ3n) is 0.830. The topological polar surface area (TPSA) is 40.5 Å². The molecule has 0 aliphatic carbocycles. The molecule has 0 aliphatic rings. The molecule has 1 aromatic rings. The molecule has 1 rings (SSSR count). The van der Waals surface area contributed by atoms with Gasteiger partial charge >= 0.3 is 48.9 Å². The molecule has 46 valence electrons. The molecule has 0 atom stereocenters. The number of hydrogen-bond donors (Lipinski definition) is 2. The molecule has 0 unspecified atom stereocenters. The molecule has 0 amide bonds. The monoisotopic (exact) mass is 250 g/mol. The molecule has 0 aromatic heterocycles. The Morgan fingerprint density at radius 3 is 1.67 bits per heavy atom. The Bertz CT molecular complexity index is 171. The van der Waals surface area contributed by atoms with Gasteiger partial charge in [0.1, 0.15) is 11.5 Å². The average molecular weight is 249 g/mol. The van der Waals surface area contributed by atoms with Gasteiger partial charge in [0.25, 0.3) is 0 Å². The molecule has 0 aliphatic heterocycles. The fourth-order valence-corrected chi connectivity index (χ4v) is 0.493. The van der Waals surface area contributed by atoms with E-state index in [9.17, 15) is 0 Å². The van der Waals surface area contributed by atoms with Crippen molar-refractivity contribution < 1.29 is 10.2 Å². The number of benzene rings is 1. The van der Waals surface area contributed by atoms with E-state index >= 15 is 0 Å². The van der Waals surface area contributed by atoms with Crippen LogP contribution in [0.3, 0.4) is 0 Å². The van der Waals surface area contributed by atoms with Gasteiger partial charge in [-0.3, -0.25) is 0 Å². The van der Waals surface area contributed by atoms with Crippen LogP contribution in [-0.2, 0) is 0 Å². The number of rotatable bonds is 0. The van der Waals surface area contributed by atoms with E-state index in [1.54, 1.807) is 6.07 Å². The zero-order chi connectivity index (χ0) is 5.98. The molecule has 2 nitrogen and oxygen atoms in total. The van der Waals surface area contributed by atoms with Crippen molar-refractivity contribution in [1.29, 1.82) is 0 Å². The van der Waals surface area contributed by atoms with E-state index in [-0.39, 0.29) is 60.4 Å². The van der Waals surface area contributed by atoms with E-state index in [0.717, 1.165) is 0 Å². The molecule has 0 saturated carbocycles. The van der Waals surface area contributed by atoms with Crippen LogP contribution in [0, 0.1) is 0 Å².